The summed E-state index contributed by atoms with van der Waals surface area (Å²) in [5, 5.41) is 0. The second-order valence-electron chi connectivity index (χ2n) is 5.05. The molecule has 1 aromatic rings. The Labute approximate surface area is 106 Å². The van der Waals surface area contributed by atoms with Gasteiger partial charge in [-0.1, -0.05) is 0 Å². The van der Waals surface area contributed by atoms with Crippen molar-refractivity contribution < 1.29 is 9.53 Å². The highest BCUT2D eigenvalue weighted by molar-refractivity contribution is 5.93. The van der Waals surface area contributed by atoms with E-state index in [9.17, 15) is 4.79 Å². The van der Waals surface area contributed by atoms with Crippen LogP contribution >= 0.6 is 0 Å². The molecule has 0 spiro atoms. The van der Waals surface area contributed by atoms with Crippen molar-refractivity contribution in [2.24, 2.45) is 5.73 Å². The molecule has 6 nitrogen and oxygen atoms in total. The van der Waals surface area contributed by atoms with E-state index in [4.69, 9.17) is 10.5 Å². The zero-order valence-corrected chi connectivity index (χ0v) is 10.7. The molecule has 1 unspecified atom stereocenters. The average molecular weight is 250 g/mol. The Hall–Kier alpha value is -1.53. The summed E-state index contributed by atoms with van der Waals surface area (Å²) in [5.41, 5.74) is 5.75. The molecule has 2 heterocycles. The van der Waals surface area contributed by atoms with Gasteiger partial charge in [0, 0.05) is 32.0 Å². The van der Waals surface area contributed by atoms with Crippen LogP contribution in [0.2, 0.25) is 0 Å². The predicted octanol–water partition coefficient (Wildman–Crippen LogP) is 0.0549. The number of nitrogens with two attached hydrogens (primary N) is 1. The Kier molecular flexibility index (Phi) is 3.58. The zero-order chi connectivity index (χ0) is 13.2. The van der Waals surface area contributed by atoms with Gasteiger partial charge < -0.3 is 15.4 Å². The SMILES string of the molecule is CC1(C)CN(C(=O)c2cncnc2)CC(CN)O1. The van der Waals surface area contributed by atoms with E-state index >= 15 is 0 Å². The minimum absolute atomic E-state index is 0.0783. The van der Waals surface area contributed by atoms with Gasteiger partial charge in [-0.2, -0.15) is 0 Å². The lowest BCUT2D eigenvalue weighted by Gasteiger charge is -2.42. The summed E-state index contributed by atoms with van der Waals surface area (Å²) in [5.74, 6) is -0.0783. The standard InChI is InChI=1S/C12H18N4O2/c1-12(2)7-16(6-10(3-13)18-12)11(17)9-4-14-8-15-5-9/h4-5,8,10H,3,6-7,13H2,1-2H3. The highest BCUT2D eigenvalue weighted by atomic mass is 16.5. The zero-order valence-electron chi connectivity index (χ0n) is 10.7. The Morgan fingerprint density at radius 2 is 2.22 bits per heavy atom. The molecule has 1 amide bonds. The Bertz CT molecular complexity index is 421. The number of carbonyl (C=O) groups excluding carboxylic acids is 1. The fourth-order valence-corrected chi connectivity index (χ4v) is 2.17. The van der Waals surface area contributed by atoms with E-state index in [-0.39, 0.29) is 17.6 Å². The smallest absolute Gasteiger partial charge is 0.257 e. The second kappa shape index (κ2) is 4.99. The van der Waals surface area contributed by atoms with Crippen molar-refractivity contribution in [1.29, 1.82) is 0 Å². The predicted molar refractivity (Wildman–Crippen MR) is 65.9 cm³/mol. The van der Waals surface area contributed by atoms with Gasteiger partial charge in [0.2, 0.25) is 0 Å². The Balaban J connectivity index is 2.15. The molecular formula is C12H18N4O2. The molecule has 2 N–H and O–H groups in total. The molecule has 18 heavy (non-hydrogen) atoms. The molecule has 1 aliphatic heterocycles. The molecule has 2 rings (SSSR count). The molecule has 98 valence electrons. The molecule has 0 aliphatic carbocycles. The highest BCUT2D eigenvalue weighted by Gasteiger charge is 2.35. The largest absolute Gasteiger partial charge is 0.367 e. The minimum atomic E-state index is -0.381. The third-order valence-corrected chi connectivity index (χ3v) is 2.84. The van der Waals surface area contributed by atoms with Crippen LogP contribution in [0.3, 0.4) is 0 Å². The summed E-state index contributed by atoms with van der Waals surface area (Å²) in [6.45, 7) is 5.36. The van der Waals surface area contributed by atoms with E-state index in [2.05, 4.69) is 9.97 Å². The van der Waals surface area contributed by atoms with Crippen molar-refractivity contribution in [1.82, 2.24) is 14.9 Å². The Morgan fingerprint density at radius 1 is 1.56 bits per heavy atom. The first-order chi connectivity index (χ1) is 8.52. The monoisotopic (exact) mass is 250 g/mol. The lowest BCUT2D eigenvalue weighted by molar-refractivity contribution is -0.122. The van der Waals surface area contributed by atoms with Crippen LogP contribution in [0, 0.1) is 0 Å². The maximum atomic E-state index is 12.3. The van der Waals surface area contributed by atoms with Crippen molar-refractivity contribution in [3.8, 4) is 0 Å². The van der Waals surface area contributed by atoms with Crippen molar-refractivity contribution in [2.45, 2.75) is 25.6 Å². The maximum Gasteiger partial charge on any atom is 0.257 e. The molecule has 0 bridgehead atoms. The fourth-order valence-electron chi connectivity index (χ4n) is 2.17. The van der Waals surface area contributed by atoms with Crippen LogP contribution in [0.15, 0.2) is 18.7 Å². The molecule has 0 saturated carbocycles. The van der Waals surface area contributed by atoms with Crippen LogP contribution < -0.4 is 5.73 Å². The number of morpholine rings is 1. The van der Waals surface area contributed by atoms with Gasteiger partial charge in [0.1, 0.15) is 6.33 Å². The fraction of sp³-hybridized carbons (Fsp3) is 0.583. The van der Waals surface area contributed by atoms with Crippen LogP contribution in [-0.4, -0.2) is 52.1 Å². The quantitative estimate of drug-likeness (QED) is 0.802. The number of rotatable bonds is 2. The Morgan fingerprint density at radius 3 is 2.83 bits per heavy atom. The van der Waals surface area contributed by atoms with Gasteiger partial charge in [-0.15, -0.1) is 0 Å². The van der Waals surface area contributed by atoms with Gasteiger partial charge in [0.25, 0.3) is 5.91 Å². The van der Waals surface area contributed by atoms with Gasteiger partial charge in [-0.05, 0) is 13.8 Å². The van der Waals surface area contributed by atoms with Crippen LogP contribution in [0.5, 0.6) is 0 Å². The molecule has 1 fully saturated rings. The summed E-state index contributed by atoms with van der Waals surface area (Å²) in [4.78, 5) is 21.8. The summed E-state index contributed by atoms with van der Waals surface area (Å²) < 4.78 is 5.79. The first-order valence-corrected chi connectivity index (χ1v) is 5.94. The first kappa shape index (κ1) is 12.9. The number of amides is 1. The molecule has 1 aliphatic rings. The number of nitrogens with zero attached hydrogens (tertiary/aromatic N) is 3. The number of carbonyl (C=O) groups is 1. The van der Waals surface area contributed by atoms with Gasteiger partial charge in [0.15, 0.2) is 0 Å². The van der Waals surface area contributed by atoms with E-state index in [1.54, 1.807) is 4.90 Å². The molecular weight excluding hydrogens is 232 g/mol. The molecule has 1 atom stereocenters. The second-order valence-corrected chi connectivity index (χ2v) is 5.05. The average Bonchev–Trinajstić information content (AvgIpc) is 2.37. The number of ether oxygens (including phenoxy) is 1. The highest BCUT2D eigenvalue weighted by Crippen LogP contribution is 2.21. The van der Waals surface area contributed by atoms with Crippen molar-refractivity contribution in [2.75, 3.05) is 19.6 Å². The van der Waals surface area contributed by atoms with Gasteiger partial charge in [0.05, 0.1) is 17.3 Å². The summed E-state index contributed by atoms with van der Waals surface area (Å²) >= 11 is 0. The van der Waals surface area contributed by atoms with Crippen molar-refractivity contribution in [3.63, 3.8) is 0 Å². The maximum absolute atomic E-state index is 12.3. The topological polar surface area (TPSA) is 81.3 Å². The lowest BCUT2D eigenvalue weighted by Crippen LogP contribution is -2.56. The number of hydrogen-bond donors (Lipinski definition) is 1. The minimum Gasteiger partial charge on any atom is -0.367 e. The van der Waals surface area contributed by atoms with Crippen molar-refractivity contribution in [3.05, 3.63) is 24.3 Å². The summed E-state index contributed by atoms with van der Waals surface area (Å²) in [6.07, 6.45) is 4.33. The first-order valence-electron chi connectivity index (χ1n) is 5.94. The lowest BCUT2D eigenvalue weighted by atomic mass is 10.0. The van der Waals surface area contributed by atoms with E-state index in [1.807, 2.05) is 13.8 Å². The molecule has 0 radical (unpaired) electrons. The van der Waals surface area contributed by atoms with Gasteiger partial charge in [-0.3, -0.25) is 4.79 Å². The molecule has 6 heteroatoms. The van der Waals surface area contributed by atoms with E-state index in [1.165, 1.54) is 18.7 Å². The number of hydrogen-bond acceptors (Lipinski definition) is 5. The van der Waals surface area contributed by atoms with E-state index in [0.29, 0.717) is 25.2 Å². The van der Waals surface area contributed by atoms with Gasteiger partial charge in [-0.25, -0.2) is 9.97 Å². The molecule has 1 aromatic heterocycles. The van der Waals surface area contributed by atoms with E-state index < -0.39 is 0 Å². The van der Waals surface area contributed by atoms with Crippen LogP contribution in [0.1, 0.15) is 24.2 Å². The van der Waals surface area contributed by atoms with Crippen molar-refractivity contribution >= 4 is 5.91 Å². The van der Waals surface area contributed by atoms with Crippen LogP contribution in [0.25, 0.3) is 0 Å². The number of aromatic nitrogens is 2. The summed E-state index contributed by atoms with van der Waals surface area (Å²) in [6, 6.07) is 0. The normalized spacial score (nSPS) is 22.8. The van der Waals surface area contributed by atoms with Crippen LogP contribution in [0.4, 0.5) is 0 Å². The third-order valence-electron chi connectivity index (χ3n) is 2.84. The van der Waals surface area contributed by atoms with E-state index in [0.717, 1.165) is 0 Å². The summed E-state index contributed by atoms with van der Waals surface area (Å²) in [7, 11) is 0. The molecule has 1 saturated heterocycles. The van der Waals surface area contributed by atoms with Gasteiger partial charge >= 0.3 is 0 Å². The van der Waals surface area contributed by atoms with Crippen LogP contribution in [-0.2, 0) is 4.74 Å². The third kappa shape index (κ3) is 2.83. The molecule has 0 aromatic carbocycles.